The summed E-state index contributed by atoms with van der Waals surface area (Å²) in [4.78, 5) is 26.1. The van der Waals surface area contributed by atoms with Crippen molar-refractivity contribution in [3.05, 3.63) is 23.8 Å². The standard InChI is InChI=1S/C18H24N2O5S/c1-19(2)26(24,25)15-7-6-12-8-9-20(16(12)11-15)17(21)13-4-3-5-14(10-13)18(22)23/h6-7,11,13-14H,3-5,8-10H2,1-2H3,(H,22,23). The Morgan fingerprint density at radius 2 is 1.88 bits per heavy atom. The molecule has 0 spiro atoms. The van der Waals surface area contributed by atoms with Gasteiger partial charge < -0.3 is 10.0 Å². The normalized spacial score (nSPS) is 23.1. The first-order valence-corrected chi connectivity index (χ1v) is 10.3. The van der Waals surface area contributed by atoms with Gasteiger partial charge in [0.25, 0.3) is 0 Å². The van der Waals surface area contributed by atoms with Crippen LogP contribution in [0.15, 0.2) is 23.1 Å². The Bertz CT molecular complexity index is 834. The maximum atomic E-state index is 13.0. The molecule has 26 heavy (non-hydrogen) atoms. The molecule has 0 aromatic heterocycles. The van der Waals surface area contributed by atoms with Crippen LogP contribution in [-0.4, -0.2) is 50.3 Å². The van der Waals surface area contributed by atoms with Gasteiger partial charge in [-0.05, 0) is 43.4 Å². The van der Waals surface area contributed by atoms with Crippen molar-refractivity contribution in [1.82, 2.24) is 4.31 Å². The van der Waals surface area contributed by atoms with E-state index in [-0.39, 0.29) is 16.7 Å². The first kappa shape index (κ1) is 18.8. The zero-order valence-electron chi connectivity index (χ0n) is 15.0. The third kappa shape index (κ3) is 3.35. The summed E-state index contributed by atoms with van der Waals surface area (Å²) in [7, 11) is -0.631. The minimum absolute atomic E-state index is 0.0888. The Morgan fingerprint density at radius 1 is 1.19 bits per heavy atom. The Morgan fingerprint density at radius 3 is 2.54 bits per heavy atom. The summed E-state index contributed by atoms with van der Waals surface area (Å²) in [5, 5.41) is 9.24. The van der Waals surface area contributed by atoms with E-state index in [2.05, 4.69) is 0 Å². The van der Waals surface area contributed by atoms with Gasteiger partial charge in [-0.2, -0.15) is 0 Å². The Hall–Kier alpha value is -1.93. The molecule has 1 aromatic rings. The van der Waals surface area contributed by atoms with Crippen LogP contribution in [0.3, 0.4) is 0 Å². The Balaban J connectivity index is 1.87. The summed E-state index contributed by atoms with van der Waals surface area (Å²) >= 11 is 0. The number of anilines is 1. The molecular formula is C18H24N2O5S. The Labute approximate surface area is 153 Å². The summed E-state index contributed by atoms with van der Waals surface area (Å²) in [6.07, 6.45) is 3.06. The molecule has 1 aromatic carbocycles. The molecule has 1 N–H and O–H groups in total. The predicted molar refractivity (Wildman–Crippen MR) is 96.5 cm³/mol. The second-order valence-corrected chi connectivity index (χ2v) is 9.37. The number of hydrogen-bond acceptors (Lipinski definition) is 4. The minimum atomic E-state index is -3.57. The number of sulfonamides is 1. The first-order chi connectivity index (χ1) is 12.2. The summed E-state index contributed by atoms with van der Waals surface area (Å²) in [5.41, 5.74) is 1.58. The SMILES string of the molecule is CN(C)S(=O)(=O)c1ccc2c(c1)N(C(=O)C1CCCC(C(=O)O)C1)CC2. The van der Waals surface area contributed by atoms with Crippen molar-refractivity contribution in [1.29, 1.82) is 0 Å². The lowest BCUT2D eigenvalue weighted by Crippen LogP contribution is -2.38. The maximum Gasteiger partial charge on any atom is 0.306 e. The lowest BCUT2D eigenvalue weighted by Gasteiger charge is -2.29. The van der Waals surface area contributed by atoms with Crippen LogP contribution in [0.1, 0.15) is 31.2 Å². The van der Waals surface area contributed by atoms with Crippen molar-refractivity contribution in [2.24, 2.45) is 11.8 Å². The van der Waals surface area contributed by atoms with Gasteiger partial charge in [-0.3, -0.25) is 9.59 Å². The number of carbonyl (C=O) groups is 2. The monoisotopic (exact) mass is 380 g/mol. The molecule has 2 aliphatic rings. The summed E-state index contributed by atoms with van der Waals surface area (Å²) < 4.78 is 25.9. The van der Waals surface area contributed by atoms with E-state index in [1.54, 1.807) is 23.1 Å². The van der Waals surface area contributed by atoms with E-state index in [4.69, 9.17) is 0 Å². The first-order valence-electron chi connectivity index (χ1n) is 8.81. The zero-order valence-corrected chi connectivity index (χ0v) is 15.8. The predicted octanol–water partition coefficient (Wildman–Crippen LogP) is 1.72. The van der Waals surface area contributed by atoms with Crippen LogP contribution in [-0.2, 0) is 26.0 Å². The van der Waals surface area contributed by atoms with Gasteiger partial charge in [0.05, 0.1) is 10.8 Å². The number of hydrogen-bond donors (Lipinski definition) is 1. The topological polar surface area (TPSA) is 95.0 Å². The number of carbonyl (C=O) groups excluding carboxylic acids is 1. The highest BCUT2D eigenvalue weighted by atomic mass is 32.2. The second kappa shape index (κ2) is 7.00. The summed E-state index contributed by atoms with van der Waals surface area (Å²) in [6, 6.07) is 4.90. The van der Waals surface area contributed by atoms with Crippen LogP contribution in [0.25, 0.3) is 0 Å². The fraction of sp³-hybridized carbons (Fsp3) is 0.556. The molecule has 7 nitrogen and oxygen atoms in total. The number of aliphatic carboxylic acids is 1. The van der Waals surface area contributed by atoms with Gasteiger partial charge in [0.15, 0.2) is 0 Å². The van der Waals surface area contributed by atoms with E-state index in [1.807, 2.05) is 0 Å². The highest BCUT2D eigenvalue weighted by Gasteiger charge is 2.36. The lowest BCUT2D eigenvalue weighted by molar-refractivity contribution is -0.143. The van der Waals surface area contributed by atoms with Gasteiger partial charge in [0, 0.05) is 32.2 Å². The van der Waals surface area contributed by atoms with Gasteiger partial charge in [0.1, 0.15) is 0 Å². The number of carboxylic acids is 1. The summed E-state index contributed by atoms with van der Waals surface area (Å²) in [5.74, 6) is -1.72. The number of carboxylic acid groups (broad SMARTS) is 1. The van der Waals surface area contributed by atoms with E-state index in [1.165, 1.54) is 14.1 Å². The average molecular weight is 380 g/mol. The van der Waals surface area contributed by atoms with Crippen LogP contribution < -0.4 is 4.90 Å². The highest BCUT2D eigenvalue weighted by Crippen LogP contribution is 2.36. The molecule has 0 radical (unpaired) electrons. The molecule has 3 rings (SSSR count). The van der Waals surface area contributed by atoms with E-state index >= 15 is 0 Å². The van der Waals surface area contributed by atoms with Crippen molar-refractivity contribution in [2.75, 3.05) is 25.5 Å². The number of rotatable bonds is 4. The molecule has 1 heterocycles. The van der Waals surface area contributed by atoms with Gasteiger partial charge in [0.2, 0.25) is 15.9 Å². The van der Waals surface area contributed by atoms with Gasteiger partial charge in [-0.15, -0.1) is 0 Å². The van der Waals surface area contributed by atoms with Crippen molar-refractivity contribution in [3.63, 3.8) is 0 Å². The smallest absolute Gasteiger partial charge is 0.306 e. The molecule has 1 saturated carbocycles. The third-order valence-corrected chi connectivity index (χ3v) is 7.18. The molecule has 2 atom stereocenters. The molecule has 1 fully saturated rings. The molecule has 1 amide bonds. The molecule has 1 aliphatic heterocycles. The van der Waals surface area contributed by atoms with Crippen molar-refractivity contribution in [2.45, 2.75) is 37.0 Å². The van der Waals surface area contributed by atoms with Gasteiger partial charge >= 0.3 is 5.97 Å². The molecule has 8 heteroatoms. The van der Waals surface area contributed by atoms with Crippen LogP contribution in [0.5, 0.6) is 0 Å². The lowest BCUT2D eigenvalue weighted by atomic mass is 9.80. The molecule has 142 valence electrons. The average Bonchev–Trinajstić information content (AvgIpc) is 3.04. The maximum absolute atomic E-state index is 13.0. The fourth-order valence-electron chi connectivity index (χ4n) is 3.82. The van der Waals surface area contributed by atoms with Crippen LogP contribution in [0.2, 0.25) is 0 Å². The van der Waals surface area contributed by atoms with Crippen LogP contribution in [0.4, 0.5) is 5.69 Å². The number of benzene rings is 1. The molecule has 1 aliphatic carbocycles. The number of nitrogens with zero attached hydrogens (tertiary/aromatic N) is 2. The summed E-state index contributed by atoms with van der Waals surface area (Å²) in [6.45, 7) is 0.508. The molecular weight excluding hydrogens is 356 g/mol. The van der Waals surface area contributed by atoms with Crippen molar-refractivity contribution in [3.8, 4) is 0 Å². The number of amides is 1. The van der Waals surface area contributed by atoms with Gasteiger partial charge in [-0.25, -0.2) is 12.7 Å². The van der Waals surface area contributed by atoms with Crippen LogP contribution >= 0.6 is 0 Å². The van der Waals surface area contributed by atoms with Crippen molar-refractivity contribution < 1.29 is 23.1 Å². The van der Waals surface area contributed by atoms with Crippen molar-refractivity contribution >= 4 is 27.6 Å². The largest absolute Gasteiger partial charge is 0.481 e. The van der Waals surface area contributed by atoms with E-state index in [9.17, 15) is 23.1 Å². The van der Waals surface area contributed by atoms with Gasteiger partial charge in [-0.1, -0.05) is 12.5 Å². The molecule has 0 saturated heterocycles. The quantitative estimate of drug-likeness (QED) is 0.858. The zero-order chi connectivity index (χ0) is 19.1. The van der Waals surface area contributed by atoms with E-state index < -0.39 is 21.9 Å². The Kier molecular flexibility index (Phi) is 5.07. The second-order valence-electron chi connectivity index (χ2n) is 7.22. The fourth-order valence-corrected chi connectivity index (χ4v) is 4.74. The molecule has 0 bridgehead atoms. The minimum Gasteiger partial charge on any atom is -0.481 e. The molecule has 2 unspecified atom stereocenters. The van der Waals surface area contributed by atoms with Crippen LogP contribution in [0, 0.1) is 11.8 Å². The number of fused-ring (bicyclic) bond motifs is 1. The van der Waals surface area contributed by atoms with E-state index in [0.717, 1.165) is 16.3 Å². The third-order valence-electron chi connectivity index (χ3n) is 5.37. The highest BCUT2D eigenvalue weighted by molar-refractivity contribution is 7.89. The van der Waals surface area contributed by atoms with E-state index in [0.29, 0.717) is 37.9 Å².